The molecule has 0 aliphatic rings. The molecule has 1 heterocycles. The van der Waals surface area contributed by atoms with Crippen LogP contribution in [-0.4, -0.2) is 24.1 Å². The lowest BCUT2D eigenvalue weighted by atomic mass is 10.1. The van der Waals surface area contributed by atoms with Crippen LogP contribution in [0, 0.1) is 0 Å². The number of carbonyl (C=O) groups excluding carboxylic acids is 1. The van der Waals surface area contributed by atoms with E-state index in [-0.39, 0.29) is 12.4 Å². The van der Waals surface area contributed by atoms with Gasteiger partial charge in [0.25, 0.3) is 0 Å². The first-order valence-electron chi connectivity index (χ1n) is 6.59. The van der Waals surface area contributed by atoms with Gasteiger partial charge in [-0.1, -0.05) is 13.0 Å². The molecule has 0 bridgehead atoms. The maximum Gasteiger partial charge on any atom is 0.201 e. The van der Waals surface area contributed by atoms with Crippen molar-refractivity contribution >= 4 is 5.78 Å². The minimum absolute atomic E-state index is 0.00580. The molecule has 0 fully saturated rings. The molecule has 0 atom stereocenters. The zero-order valence-corrected chi connectivity index (χ0v) is 12.1. The van der Waals surface area contributed by atoms with Crippen molar-refractivity contribution in [1.29, 1.82) is 0 Å². The largest absolute Gasteiger partial charge is 0.493 e. The van der Waals surface area contributed by atoms with Gasteiger partial charge in [-0.2, -0.15) is 0 Å². The number of hydrogen-bond donors (Lipinski definition) is 0. The molecule has 0 aliphatic carbocycles. The molecular formula is C16H19NO3. The number of rotatable bonds is 6. The molecule has 0 saturated carbocycles. The van der Waals surface area contributed by atoms with Crippen molar-refractivity contribution in [2.45, 2.75) is 13.3 Å². The van der Waals surface area contributed by atoms with E-state index >= 15 is 0 Å². The quantitative estimate of drug-likeness (QED) is 0.760. The van der Waals surface area contributed by atoms with Crippen LogP contribution in [0.2, 0.25) is 0 Å². The van der Waals surface area contributed by atoms with Gasteiger partial charge in [-0.05, 0) is 30.2 Å². The number of aryl methyl sites for hydroxylation is 2. The highest BCUT2D eigenvalue weighted by atomic mass is 16.5. The molecule has 1 aromatic carbocycles. The number of nitrogens with zero attached hydrogens (tertiary/aromatic N) is 1. The van der Waals surface area contributed by atoms with Crippen LogP contribution in [0.25, 0.3) is 0 Å². The van der Waals surface area contributed by atoms with Crippen LogP contribution in [0.15, 0.2) is 36.7 Å². The summed E-state index contributed by atoms with van der Waals surface area (Å²) in [5.41, 5.74) is 1.82. The third-order valence-corrected chi connectivity index (χ3v) is 3.15. The first-order valence-corrected chi connectivity index (χ1v) is 6.59. The second-order valence-electron chi connectivity index (χ2n) is 4.62. The van der Waals surface area contributed by atoms with Gasteiger partial charge in [0.1, 0.15) is 0 Å². The molecule has 2 rings (SSSR count). The Hall–Kier alpha value is -2.23. The highest BCUT2D eigenvalue weighted by Gasteiger charge is 2.10. The SMILES string of the molecule is CCc1ccc(OCC(=O)c2ccn(C)c2)c(OC)c1. The summed E-state index contributed by atoms with van der Waals surface area (Å²) in [6.07, 6.45) is 4.55. The molecular weight excluding hydrogens is 254 g/mol. The third kappa shape index (κ3) is 3.20. The molecule has 1 aromatic heterocycles. The molecule has 0 saturated heterocycles. The Bertz CT molecular complexity index is 602. The Morgan fingerprint density at radius 2 is 2.05 bits per heavy atom. The molecule has 0 amide bonds. The topological polar surface area (TPSA) is 40.5 Å². The Labute approximate surface area is 118 Å². The van der Waals surface area contributed by atoms with E-state index in [0.717, 1.165) is 6.42 Å². The normalized spacial score (nSPS) is 10.3. The van der Waals surface area contributed by atoms with E-state index < -0.39 is 0 Å². The van der Waals surface area contributed by atoms with Crippen molar-refractivity contribution in [1.82, 2.24) is 4.57 Å². The number of ether oxygens (including phenoxy) is 2. The summed E-state index contributed by atoms with van der Waals surface area (Å²) in [6.45, 7) is 2.08. The van der Waals surface area contributed by atoms with E-state index in [9.17, 15) is 4.79 Å². The zero-order chi connectivity index (χ0) is 14.5. The zero-order valence-electron chi connectivity index (χ0n) is 12.1. The van der Waals surface area contributed by atoms with Gasteiger partial charge in [0.2, 0.25) is 5.78 Å². The fourth-order valence-electron chi connectivity index (χ4n) is 1.95. The van der Waals surface area contributed by atoms with Crippen LogP contribution in [-0.2, 0) is 13.5 Å². The van der Waals surface area contributed by atoms with Gasteiger partial charge < -0.3 is 14.0 Å². The summed E-state index contributed by atoms with van der Waals surface area (Å²) in [6, 6.07) is 7.53. The number of carbonyl (C=O) groups is 1. The van der Waals surface area contributed by atoms with Crippen molar-refractivity contribution in [3.8, 4) is 11.5 Å². The molecule has 0 spiro atoms. The summed E-state index contributed by atoms with van der Waals surface area (Å²) >= 11 is 0. The van der Waals surface area contributed by atoms with E-state index in [0.29, 0.717) is 17.1 Å². The molecule has 20 heavy (non-hydrogen) atoms. The highest BCUT2D eigenvalue weighted by Crippen LogP contribution is 2.28. The lowest BCUT2D eigenvalue weighted by molar-refractivity contribution is 0.0919. The fraction of sp³-hybridized carbons (Fsp3) is 0.312. The minimum atomic E-state index is -0.0489. The minimum Gasteiger partial charge on any atom is -0.493 e. The van der Waals surface area contributed by atoms with E-state index in [1.807, 2.05) is 36.0 Å². The second-order valence-corrected chi connectivity index (χ2v) is 4.62. The van der Waals surface area contributed by atoms with E-state index in [1.165, 1.54) is 5.56 Å². The number of methoxy groups -OCH3 is 1. The smallest absolute Gasteiger partial charge is 0.201 e. The molecule has 0 aliphatic heterocycles. The molecule has 0 radical (unpaired) electrons. The van der Waals surface area contributed by atoms with Gasteiger partial charge in [0.05, 0.1) is 7.11 Å². The number of ketones is 1. The molecule has 0 unspecified atom stereocenters. The second kappa shape index (κ2) is 6.28. The third-order valence-electron chi connectivity index (χ3n) is 3.15. The number of hydrogen-bond acceptors (Lipinski definition) is 3. The standard InChI is InChI=1S/C16H19NO3/c1-4-12-5-6-15(16(9-12)19-3)20-11-14(18)13-7-8-17(2)10-13/h5-10H,4,11H2,1-3H3. The van der Waals surface area contributed by atoms with Crippen LogP contribution in [0.4, 0.5) is 0 Å². The average Bonchev–Trinajstić information content (AvgIpc) is 2.91. The molecule has 106 valence electrons. The van der Waals surface area contributed by atoms with Crippen molar-refractivity contribution in [3.63, 3.8) is 0 Å². The van der Waals surface area contributed by atoms with Crippen molar-refractivity contribution in [2.24, 2.45) is 7.05 Å². The summed E-state index contributed by atoms with van der Waals surface area (Å²) in [5, 5.41) is 0. The summed E-state index contributed by atoms with van der Waals surface area (Å²) < 4.78 is 12.7. The average molecular weight is 273 g/mol. The van der Waals surface area contributed by atoms with Gasteiger partial charge in [-0.25, -0.2) is 0 Å². The molecule has 2 aromatic rings. The van der Waals surface area contributed by atoms with E-state index in [1.54, 1.807) is 19.4 Å². The Morgan fingerprint density at radius 3 is 2.65 bits per heavy atom. The van der Waals surface area contributed by atoms with Crippen molar-refractivity contribution in [3.05, 3.63) is 47.8 Å². The number of Topliss-reactive ketones (excluding diaryl/α,β-unsaturated/α-hetero) is 1. The maximum atomic E-state index is 12.0. The lowest BCUT2D eigenvalue weighted by Gasteiger charge is -2.11. The van der Waals surface area contributed by atoms with Crippen LogP contribution >= 0.6 is 0 Å². The van der Waals surface area contributed by atoms with Crippen LogP contribution < -0.4 is 9.47 Å². The monoisotopic (exact) mass is 273 g/mol. The Morgan fingerprint density at radius 1 is 1.25 bits per heavy atom. The number of benzene rings is 1. The van der Waals surface area contributed by atoms with Crippen LogP contribution in [0.3, 0.4) is 0 Å². The first kappa shape index (κ1) is 14.2. The van der Waals surface area contributed by atoms with Gasteiger partial charge >= 0.3 is 0 Å². The van der Waals surface area contributed by atoms with Gasteiger partial charge in [0.15, 0.2) is 18.1 Å². The fourth-order valence-corrected chi connectivity index (χ4v) is 1.95. The summed E-state index contributed by atoms with van der Waals surface area (Å²) in [4.78, 5) is 12.0. The Balaban J connectivity index is 2.05. The molecule has 4 heteroatoms. The van der Waals surface area contributed by atoms with Crippen LogP contribution in [0.5, 0.6) is 11.5 Å². The van der Waals surface area contributed by atoms with E-state index in [4.69, 9.17) is 9.47 Å². The predicted octanol–water partition coefficient (Wildman–Crippen LogP) is 2.86. The number of aromatic nitrogens is 1. The molecule has 0 N–H and O–H groups in total. The molecule has 4 nitrogen and oxygen atoms in total. The first-order chi connectivity index (χ1) is 9.63. The summed E-state index contributed by atoms with van der Waals surface area (Å²) in [5.74, 6) is 1.20. The van der Waals surface area contributed by atoms with Gasteiger partial charge in [0, 0.05) is 25.0 Å². The van der Waals surface area contributed by atoms with Gasteiger partial charge in [-0.15, -0.1) is 0 Å². The van der Waals surface area contributed by atoms with Crippen molar-refractivity contribution in [2.75, 3.05) is 13.7 Å². The lowest BCUT2D eigenvalue weighted by Crippen LogP contribution is -2.11. The van der Waals surface area contributed by atoms with Crippen molar-refractivity contribution < 1.29 is 14.3 Å². The summed E-state index contributed by atoms with van der Waals surface area (Å²) in [7, 11) is 3.48. The van der Waals surface area contributed by atoms with Gasteiger partial charge in [-0.3, -0.25) is 4.79 Å². The maximum absolute atomic E-state index is 12.0. The van der Waals surface area contributed by atoms with E-state index in [2.05, 4.69) is 6.92 Å². The predicted molar refractivity (Wildman–Crippen MR) is 77.6 cm³/mol. The van der Waals surface area contributed by atoms with Crippen LogP contribution in [0.1, 0.15) is 22.8 Å². The highest BCUT2D eigenvalue weighted by molar-refractivity contribution is 5.97. The Kier molecular flexibility index (Phi) is 4.45.